The van der Waals surface area contributed by atoms with Crippen molar-refractivity contribution in [2.24, 2.45) is 0 Å². The molecule has 0 atom stereocenters. The molecule has 0 saturated carbocycles. The first kappa shape index (κ1) is 16.1. The van der Waals surface area contributed by atoms with Crippen LogP contribution in [0.3, 0.4) is 0 Å². The normalized spacial score (nSPS) is 10.5. The summed E-state index contributed by atoms with van der Waals surface area (Å²) >= 11 is 1.61. The van der Waals surface area contributed by atoms with Crippen LogP contribution in [-0.2, 0) is 12.3 Å². The minimum atomic E-state index is 0.233. The van der Waals surface area contributed by atoms with Crippen molar-refractivity contribution in [3.05, 3.63) is 59.7 Å². The lowest BCUT2D eigenvalue weighted by atomic mass is 10.2. The van der Waals surface area contributed by atoms with E-state index < -0.39 is 0 Å². The lowest BCUT2D eigenvalue weighted by molar-refractivity contribution is 0.475. The predicted octanol–water partition coefficient (Wildman–Crippen LogP) is 3.83. The Morgan fingerprint density at radius 3 is 2.42 bits per heavy atom. The molecule has 0 aliphatic heterocycles. The van der Waals surface area contributed by atoms with Gasteiger partial charge < -0.3 is 9.67 Å². The van der Waals surface area contributed by atoms with E-state index in [9.17, 15) is 5.11 Å². The number of hydrogen-bond donors (Lipinski definition) is 1. The highest BCUT2D eigenvalue weighted by Crippen LogP contribution is 2.27. The van der Waals surface area contributed by atoms with Gasteiger partial charge in [-0.05, 0) is 48.9 Å². The van der Waals surface area contributed by atoms with Crippen LogP contribution >= 0.6 is 11.8 Å². The number of rotatable bonds is 5. The van der Waals surface area contributed by atoms with E-state index in [-0.39, 0.29) is 5.75 Å². The molecule has 3 rings (SSSR count). The Balaban J connectivity index is 1.78. The Hall–Kier alpha value is -2.78. The number of nitriles is 1. The lowest BCUT2D eigenvalue weighted by Crippen LogP contribution is -1.99. The zero-order valence-electron chi connectivity index (χ0n) is 13.2. The third-order valence-electron chi connectivity index (χ3n) is 3.61. The molecule has 1 N–H and O–H groups in total. The van der Waals surface area contributed by atoms with Crippen molar-refractivity contribution in [2.45, 2.75) is 24.4 Å². The number of hydrogen-bond acceptors (Lipinski definition) is 5. The fourth-order valence-electron chi connectivity index (χ4n) is 2.33. The van der Waals surface area contributed by atoms with Gasteiger partial charge in [0, 0.05) is 17.9 Å². The Labute approximate surface area is 144 Å². The maximum absolute atomic E-state index is 9.42. The highest BCUT2D eigenvalue weighted by atomic mass is 32.2. The Bertz CT molecular complexity index is 864. The van der Waals surface area contributed by atoms with Crippen LogP contribution in [0.4, 0.5) is 0 Å². The molecule has 24 heavy (non-hydrogen) atoms. The van der Waals surface area contributed by atoms with Crippen molar-refractivity contribution in [1.29, 1.82) is 5.26 Å². The smallest absolute Gasteiger partial charge is 0.191 e. The molecule has 0 unspecified atom stereocenters. The van der Waals surface area contributed by atoms with Crippen LogP contribution in [0.5, 0.6) is 5.75 Å². The molecule has 0 saturated heterocycles. The van der Waals surface area contributed by atoms with Gasteiger partial charge in [-0.15, -0.1) is 10.2 Å². The van der Waals surface area contributed by atoms with E-state index in [2.05, 4.69) is 27.8 Å². The average Bonchev–Trinajstić information content (AvgIpc) is 3.04. The van der Waals surface area contributed by atoms with Crippen LogP contribution in [0, 0.1) is 11.3 Å². The monoisotopic (exact) mass is 336 g/mol. The first-order valence-corrected chi connectivity index (χ1v) is 8.54. The summed E-state index contributed by atoms with van der Waals surface area (Å²) in [5.41, 5.74) is 2.72. The van der Waals surface area contributed by atoms with Crippen LogP contribution in [-0.4, -0.2) is 19.9 Å². The summed E-state index contributed by atoms with van der Waals surface area (Å²) < 4.78 is 2.06. The van der Waals surface area contributed by atoms with Crippen LogP contribution in [0.15, 0.2) is 53.7 Å². The largest absolute Gasteiger partial charge is 0.508 e. The molecule has 0 aliphatic carbocycles. The molecular formula is C18H16N4OS. The van der Waals surface area contributed by atoms with Crippen molar-refractivity contribution < 1.29 is 5.11 Å². The van der Waals surface area contributed by atoms with Gasteiger partial charge in [-0.1, -0.05) is 23.9 Å². The molecule has 120 valence electrons. The number of phenols is 1. The summed E-state index contributed by atoms with van der Waals surface area (Å²) in [6, 6.07) is 16.6. The minimum absolute atomic E-state index is 0.233. The van der Waals surface area contributed by atoms with Crippen molar-refractivity contribution in [3.63, 3.8) is 0 Å². The van der Waals surface area contributed by atoms with Crippen LogP contribution < -0.4 is 0 Å². The fourth-order valence-corrected chi connectivity index (χ4v) is 3.29. The molecule has 2 aromatic carbocycles. The lowest BCUT2D eigenvalue weighted by Gasteiger charge is -2.07. The Morgan fingerprint density at radius 2 is 1.79 bits per heavy atom. The predicted molar refractivity (Wildman–Crippen MR) is 93.5 cm³/mol. The van der Waals surface area contributed by atoms with Gasteiger partial charge in [-0.2, -0.15) is 5.26 Å². The van der Waals surface area contributed by atoms with Gasteiger partial charge in [-0.3, -0.25) is 0 Å². The van der Waals surface area contributed by atoms with Gasteiger partial charge in [-0.25, -0.2) is 0 Å². The number of phenolic OH excluding ortho intramolecular Hbond substituents is 1. The SMILES string of the molecule is CCn1c(SCc2ccc(C#N)cc2)nnc1-c1ccc(O)cc1. The maximum atomic E-state index is 9.42. The summed E-state index contributed by atoms with van der Waals surface area (Å²) in [5, 5.41) is 27.7. The second-order valence-corrected chi connectivity index (χ2v) is 6.14. The summed E-state index contributed by atoms with van der Waals surface area (Å²) in [5.74, 6) is 1.79. The molecule has 0 amide bonds. The first-order valence-electron chi connectivity index (χ1n) is 7.55. The Morgan fingerprint density at radius 1 is 1.08 bits per heavy atom. The van der Waals surface area contributed by atoms with Crippen LogP contribution in [0.25, 0.3) is 11.4 Å². The second-order valence-electron chi connectivity index (χ2n) is 5.19. The summed E-state index contributed by atoms with van der Waals surface area (Å²) in [6.45, 7) is 2.82. The van der Waals surface area contributed by atoms with Crippen molar-refractivity contribution in [3.8, 4) is 23.2 Å². The number of thioether (sulfide) groups is 1. The maximum Gasteiger partial charge on any atom is 0.191 e. The van der Waals surface area contributed by atoms with Gasteiger partial charge in [0.15, 0.2) is 11.0 Å². The highest BCUT2D eigenvalue weighted by molar-refractivity contribution is 7.98. The number of nitrogens with zero attached hydrogens (tertiary/aromatic N) is 4. The van der Waals surface area contributed by atoms with Crippen molar-refractivity contribution in [2.75, 3.05) is 0 Å². The van der Waals surface area contributed by atoms with E-state index in [4.69, 9.17) is 5.26 Å². The summed E-state index contributed by atoms with van der Waals surface area (Å²) in [6.07, 6.45) is 0. The van der Waals surface area contributed by atoms with Crippen molar-refractivity contribution >= 4 is 11.8 Å². The number of aromatic hydroxyl groups is 1. The van der Waals surface area contributed by atoms with E-state index in [1.54, 1.807) is 23.9 Å². The number of benzene rings is 2. The van der Waals surface area contributed by atoms with Gasteiger partial charge in [0.05, 0.1) is 11.6 Å². The van der Waals surface area contributed by atoms with E-state index in [1.165, 1.54) is 0 Å². The van der Waals surface area contributed by atoms with Gasteiger partial charge in [0.2, 0.25) is 0 Å². The minimum Gasteiger partial charge on any atom is -0.508 e. The van der Waals surface area contributed by atoms with Crippen LogP contribution in [0.2, 0.25) is 0 Å². The molecule has 0 bridgehead atoms. The summed E-state index contributed by atoms with van der Waals surface area (Å²) in [7, 11) is 0. The molecule has 0 aliphatic rings. The third-order valence-corrected chi connectivity index (χ3v) is 4.65. The molecule has 1 aromatic heterocycles. The second kappa shape index (κ2) is 7.20. The van der Waals surface area contributed by atoms with Crippen LogP contribution in [0.1, 0.15) is 18.1 Å². The molecule has 6 heteroatoms. The van der Waals surface area contributed by atoms with Gasteiger partial charge in [0.25, 0.3) is 0 Å². The molecule has 3 aromatic rings. The third kappa shape index (κ3) is 3.42. The molecule has 1 heterocycles. The van der Waals surface area contributed by atoms with E-state index in [1.807, 2.05) is 36.4 Å². The quantitative estimate of drug-likeness (QED) is 0.717. The highest BCUT2D eigenvalue weighted by Gasteiger charge is 2.13. The zero-order chi connectivity index (χ0) is 16.9. The van der Waals surface area contributed by atoms with E-state index in [0.717, 1.165) is 34.4 Å². The molecule has 0 spiro atoms. The average molecular weight is 336 g/mol. The topological polar surface area (TPSA) is 74.7 Å². The standard InChI is InChI=1S/C18H16N4OS/c1-2-22-17(15-7-9-16(23)10-8-15)20-21-18(22)24-12-14-5-3-13(11-19)4-6-14/h3-10,23H,2,12H2,1H3. The zero-order valence-corrected chi connectivity index (χ0v) is 14.0. The summed E-state index contributed by atoms with van der Waals surface area (Å²) in [4.78, 5) is 0. The molecule has 0 radical (unpaired) electrons. The van der Waals surface area contributed by atoms with Gasteiger partial charge in [0.1, 0.15) is 5.75 Å². The van der Waals surface area contributed by atoms with Crippen molar-refractivity contribution in [1.82, 2.24) is 14.8 Å². The molecular weight excluding hydrogens is 320 g/mol. The van der Waals surface area contributed by atoms with E-state index in [0.29, 0.717) is 5.56 Å². The van der Waals surface area contributed by atoms with E-state index >= 15 is 0 Å². The Kier molecular flexibility index (Phi) is 4.82. The van der Waals surface area contributed by atoms with Gasteiger partial charge >= 0.3 is 0 Å². The molecule has 5 nitrogen and oxygen atoms in total. The fraction of sp³-hybridized carbons (Fsp3) is 0.167. The number of aromatic nitrogens is 3. The molecule has 0 fully saturated rings. The first-order chi connectivity index (χ1) is 11.7.